The Balaban J connectivity index is 2.95. The number of rotatable bonds is 5. The van der Waals surface area contributed by atoms with Gasteiger partial charge in [0.25, 0.3) is 0 Å². The fourth-order valence-corrected chi connectivity index (χ4v) is 2.34. The van der Waals surface area contributed by atoms with Crippen LogP contribution in [0.5, 0.6) is 5.75 Å². The average Bonchev–Trinajstić information content (AvgIpc) is 2.39. The lowest BCUT2D eigenvalue weighted by Gasteiger charge is -2.14. The lowest BCUT2D eigenvalue weighted by molar-refractivity contribution is -0.115. The van der Waals surface area contributed by atoms with Gasteiger partial charge in [0.1, 0.15) is 11.0 Å². The van der Waals surface area contributed by atoms with Gasteiger partial charge in [0.2, 0.25) is 5.91 Å². The molecular formula is C12H18N2O4S. The zero-order chi connectivity index (χ0) is 14.6. The number of amides is 1. The predicted molar refractivity (Wildman–Crippen MR) is 75.0 cm³/mol. The number of benzene rings is 1. The zero-order valence-electron chi connectivity index (χ0n) is 11.1. The van der Waals surface area contributed by atoms with Gasteiger partial charge in [-0.2, -0.15) is 0 Å². The molecule has 0 fully saturated rings. The van der Waals surface area contributed by atoms with Crippen LogP contribution in [-0.2, 0) is 14.6 Å². The van der Waals surface area contributed by atoms with Gasteiger partial charge < -0.3 is 15.8 Å². The van der Waals surface area contributed by atoms with Crippen LogP contribution in [0.4, 0.5) is 11.4 Å². The highest BCUT2D eigenvalue weighted by Gasteiger charge is 2.26. The minimum Gasteiger partial charge on any atom is -0.494 e. The smallest absolute Gasteiger partial charge is 0.242 e. The second-order valence-corrected chi connectivity index (χ2v) is 6.65. The third-order valence-corrected chi connectivity index (χ3v) is 4.89. The number of sulfone groups is 1. The second-order valence-electron chi connectivity index (χ2n) is 4.04. The summed E-state index contributed by atoms with van der Waals surface area (Å²) in [4.78, 5) is 11.9. The van der Waals surface area contributed by atoms with Crippen LogP contribution in [-0.4, -0.2) is 32.4 Å². The average molecular weight is 286 g/mol. The lowest BCUT2D eigenvalue weighted by Crippen LogP contribution is -2.33. The van der Waals surface area contributed by atoms with Crippen LogP contribution in [0.25, 0.3) is 0 Å². The highest BCUT2D eigenvalue weighted by molar-refractivity contribution is 7.92. The third-order valence-electron chi connectivity index (χ3n) is 2.79. The monoisotopic (exact) mass is 286 g/mol. The van der Waals surface area contributed by atoms with Crippen molar-refractivity contribution in [2.45, 2.75) is 19.1 Å². The van der Waals surface area contributed by atoms with Gasteiger partial charge in [-0.1, -0.05) is 6.92 Å². The molecule has 0 saturated carbocycles. The molecule has 0 heterocycles. The Labute approximate surface area is 112 Å². The van der Waals surface area contributed by atoms with Gasteiger partial charge in [-0.3, -0.25) is 4.79 Å². The number of nitrogens with two attached hydrogens (primary N) is 1. The Morgan fingerprint density at radius 1 is 1.47 bits per heavy atom. The molecule has 0 aliphatic rings. The molecule has 0 spiro atoms. The highest BCUT2D eigenvalue weighted by atomic mass is 32.2. The van der Waals surface area contributed by atoms with E-state index in [2.05, 4.69) is 5.32 Å². The summed E-state index contributed by atoms with van der Waals surface area (Å²) >= 11 is 0. The van der Waals surface area contributed by atoms with Crippen LogP contribution in [0, 0.1) is 0 Å². The molecule has 1 rings (SSSR count). The largest absolute Gasteiger partial charge is 0.494 e. The molecule has 0 bridgehead atoms. The van der Waals surface area contributed by atoms with Gasteiger partial charge in [-0.05, 0) is 19.1 Å². The molecule has 0 radical (unpaired) electrons. The molecule has 0 aliphatic carbocycles. The summed E-state index contributed by atoms with van der Waals surface area (Å²) in [6.07, 6.45) is 0. The van der Waals surface area contributed by atoms with Crippen molar-refractivity contribution in [2.75, 3.05) is 23.9 Å². The fourth-order valence-electron chi connectivity index (χ4n) is 1.46. The number of hydrogen-bond donors (Lipinski definition) is 2. The maximum atomic E-state index is 11.9. The zero-order valence-corrected chi connectivity index (χ0v) is 12.0. The Morgan fingerprint density at radius 2 is 2.11 bits per heavy atom. The van der Waals surface area contributed by atoms with E-state index in [0.717, 1.165) is 0 Å². The summed E-state index contributed by atoms with van der Waals surface area (Å²) in [6.45, 7) is 2.86. The number of hydrogen-bond acceptors (Lipinski definition) is 5. The predicted octanol–water partition coefficient (Wildman–Crippen LogP) is 1.04. The molecule has 0 aliphatic heterocycles. The van der Waals surface area contributed by atoms with Crippen molar-refractivity contribution in [1.82, 2.24) is 0 Å². The summed E-state index contributed by atoms with van der Waals surface area (Å²) < 4.78 is 28.3. The van der Waals surface area contributed by atoms with Crippen molar-refractivity contribution in [3.63, 3.8) is 0 Å². The maximum Gasteiger partial charge on any atom is 0.242 e. The van der Waals surface area contributed by atoms with E-state index in [9.17, 15) is 13.2 Å². The SMILES string of the molecule is CCS(=O)(=O)C(C)C(=O)Nc1ccc(N)cc1OC. The number of nitrogen functional groups attached to an aromatic ring is 1. The van der Waals surface area contributed by atoms with E-state index in [4.69, 9.17) is 10.5 Å². The Morgan fingerprint density at radius 3 is 2.63 bits per heavy atom. The molecule has 1 unspecified atom stereocenters. The van der Waals surface area contributed by atoms with Gasteiger partial charge in [0.05, 0.1) is 12.8 Å². The number of anilines is 2. The van der Waals surface area contributed by atoms with Gasteiger partial charge in [0.15, 0.2) is 9.84 Å². The number of carbonyl (C=O) groups is 1. The van der Waals surface area contributed by atoms with Gasteiger partial charge >= 0.3 is 0 Å². The van der Waals surface area contributed by atoms with Crippen molar-refractivity contribution in [1.29, 1.82) is 0 Å². The standard InChI is InChI=1S/C12H18N2O4S/c1-4-19(16,17)8(2)12(15)14-10-6-5-9(13)7-11(10)18-3/h5-8H,4,13H2,1-3H3,(H,14,15). The van der Waals surface area contributed by atoms with E-state index in [0.29, 0.717) is 17.1 Å². The Hall–Kier alpha value is -1.76. The van der Waals surface area contributed by atoms with Crippen LogP contribution in [0.2, 0.25) is 0 Å². The first-order valence-electron chi connectivity index (χ1n) is 5.77. The van der Waals surface area contributed by atoms with Gasteiger partial charge in [-0.25, -0.2) is 8.42 Å². The van der Waals surface area contributed by atoms with Crippen LogP contribution in [0.1, 0.15) is 13.8 Å². The first-order valence-corrected chi connectivity index (χ1v) is 7.49. The van der Waals surface area contributed by atoms with Crippen LogP contribution in [0.3, 0.4) is 0 Å². The van der Waals surface area contributed by atoms with Crippen molar-refractivity contribution in [2.24, 2.45) is 0 Å². The Kier molecular flexibility index (Phi) is 4.77. The summed E-state index contributed by atoms with van der Waals surface area (Å²) in [5.41, 5.74) is 6.47. The third kappa shape index (κ3) is 3.60. The van der Waals surface area contributed by atoms with E-state index < -0.39 is 21.0 Å². The molecular weight excluding hydrogens is 268 g/mol. The maximum absolute atomic E-state index is 11.9. The van der Waals surface area contributed by atoms with E-state index in [-0.39, 0.29) is 5.75 Å². The van der Waals surface area contributed by atoms with E-state index in [1.807, 2.05) is 0 Å². The first-order chi connectivity index (χ1) is 8.81. The lowest BCUT2D eigenvalue weighted by atomic mass is 10.2. The summed E-state index contributed by atoms with van der Waals surface area (Å²) in [5, 5.41) is 1.42. The summed E-state index contributed by atoms with van der Waals surface area (Å²) in [6, 6.07) is 4.71. The molecule has 1 aromatic carbocycles. The van der Waals surface area contributed by atoms with Crippen molar-refractivity contribution in [3.05, 3.63) is 18.2 Å². The van der Waals surface area contributed by atoms with Gasteiger partial charge in [-0.15, -0.1) is 0 Å². The molecule has 0 saturated heterocycles. The van der Waals surface area contributed by atoms with E-state index >= 15 is 0 Å². The molecule has 0 aromatic heterocycles. The van der Waals surface area contributed by atoms with Crippen LogP contribution < -0.4 is 15.8 Å². The molecule has 1 atom stereocenters. The van der Waals surface area contributed by atoms with Crippen molar-refractivity contribution >= 4 is 27.1 Å². The van der Waals surface area contributed by atoms with Crippen molar-refractivity contribution < 1.29 is 17.9 Å². The fraction of sp³-hybridized carbons (Fsp3) is 0.417. The summed E-state index contributed by atoms with van der Waals surface area (Å²) in [5.74, 6) is -0.292. The van der Waals surface area contributed by atoms with Crippen LogP contribution in [0.15, 0.2) is 18.2 Å². The summed E-state index contributed by atoms with van der Waals surface area (Å²) in [7, 11) is -1.98. The molecule has 19 heavy (non-hydrogen) atoms. The minimum absolute atomic E-state index is 0.0829. The minimum atomic E-state index is -3.42. The second kappa shape index (κ2) is 5.92. The molecule has 3 N–H and O–H groups in total. The molecule has 106 valence electrons. The van der Waals surface area contributed by atoms with Crippen molar-refractivity contribution in [3.8, 4) is 5.75 Å². The molecule has 6 nitrogen and oxygen atoms in total. The highest BCUT2D eigenvalue weighted by Crippen LogP contribution is 2.26. The Bertz CT molecular complexity index is 569. The quantitative estimate of drug-likeness (QED) is 0.788. The molecule has 1 amide bonds. The molecule has 1 aromatic rings. The van der Waals surface area contributed by atoms with Crippen LogP contribution >= 0.6 is 0 Å². The van der Waals surface area contributed by atoms with Gasteiger partial charge in [0, 0.05) is 17.5 Å². The number of methoxy groups -OCH3 is 1. The number of carbonyl (C=O) groups excluding carboxylic acids is 1. The topological polar surface area (TPSA) is 98.5 Å². The number of nitrogens with one attached hydrogen (secondary N) is 1. The van der Waals surface area contributed by atoms with E-state index in [1.54, 1.807) is 18.2 Å². The number of ether oxygens (including phenoxy) is 1. The van der Waals surface area contributed by atoms with E-state index in [1.165, 1.54) is 21.0 Å². The normalized spacial score (nSPS) is 12.8. The first kappa shape index (κ1) is 15.3. The molecule has 7 heteroatoms.